The molecule has 0 radical (unpaired) electrons. The molecule has 1 amide bonds. The van der Waals surface area contributed by atoms with Crippen molar-refractivity contribution in [1.82, 2.24) is 15.6 Å². The number of benzene rings is 1. The van der Waals surface area contributed by atoms with Crippen LogP contribution in [0, 0.1) is 5.92 Å². The van der Waals surface area contributed by atoms with E-state index < -0.39 is 0 Å². The second kappa shape index (κ2) is 9.77. The van der Waals surface area contributed by atoms with Crippen molar-refractivity contribution in [3.63, 3.8) is 0 Å². The summed E-state index contributed by atoms with van der Waals surface area (Å²) < 4.78 is 0. The lowest BCUT2D eigenvalue weighted by Crippen LogP contribution is -2.42. The van der Waals surface area contributed by atoms with Crippen LogP contribution in [0.5, 0.6) is 0 Å². The Labute approximate surface area is 179 Å². The first-order valence-electron chi connectivity index (χ1n) is 9.71. The van der Waals surface area contributed by atoms with Crippen LogP contribution in [0.2, 0.25) is 0 Å². The van der Waals surface area contributed by atoms with Crippen LogP contribution in [0.25, 0.3) is 10.9 Å². The summed E-state index contributed by atoms with van der Waals surface area (Å²) in [5.41, 5.74) is 2.08. The van der Waals surface area contributed by atoms with E-state index in [0.717, 1.165) is 28.7 Å². The third-order valence-electron chi connectivity index (χ3n) is 5.88. The van der Waals surface area contributed by atoms with Gasteiger partial charge in [0.2, 0.25) is 5.91 Å². The van der Waals surface area contributed by atoms with E-state index in [-0.39, 0.29) is 36.8 Å². The number of pyridine rings is 1. The molecule has 1 saturated carbocycles. The third-order valence-corrected chi connectivity index (χ3v) is 5.88. The van der Waals surface area contributed by atoms with E-state index in [9.17, 15) is 4.79 Å². The van der Waals surface area contributed by atoms with Gasteiger partial charge in [0.1, 0.15) is 5.82 Å². The average Bonchev–Trinajstić information content (AvgIpc) is 3.10. The van der Waals surface area contributed by atoms with Crippen molar-refractivity contribution in [2.24, 2.45) is 5.92 Å². The Kier molecular flexibility index (Phi) is 7.93. The standard InChI is InChI=1S/C21H28N4O.2ClH/c1-25(2)20-12-15(16-8-4-6-10-18(16)24-20)13-22-21(26)19-11-14-7-3-5-9-17(14)23-19;;/h4,6,8,10,12,14,17,19,23H,3,5,7,9,11,13H2,1-2H3,(H,22,26);2*1H. The summed E-state index contributed by atoms with van der Waals surface area (Å²) in [7, 11) is 3.98. The van der Waals surface area contributed by atoms with Crippen molar-refractivity contribution in [2.45, 2.75) is 50.7 Å². The summed E-state index contributed by atoms with van der Waals surface area (Å²) in [4.78, 5) is 19.4. The highest BCUT2D eigenvalue weighted by molar-refractivity contribution is 5.86. The van der Waals surface area contributed by atoms with Gasteiger partial charge in [-0.1, -0.05) is 31.0 Å². The van der Waals surface area contributed by atoms with Crippen LogP contribution in [-0.2, 0) is 11.3 Å². The zero-order chi connectivity index (χ0) is 18.1. The van der Waals surface area contributed by atoms with Crippen LogP contribution in [0.3, 0.4) is 0 Å². The quantitative estimate of drug-likeness (QED) is 0.785. The maximum atomic E-state index is 12.7. The number of halogens is 2. The maximum absolute atomic E-state index is 12.7. The number of hydrogen-bond acceptors (Lipinski definition) is 4. The molecule has 2 aliphatic rings. The molecule has 154 valence electrons. The van der Waals surface area contributed by atoms with E-state index in [0.29, 0.717) is 18.5 Å². The fourth-order valence-electron chi connectivity index (χ4n) is 4.43. The van der Waals surface area contributed by atoms with E-state index in [2.05, 4.69) is 27.8 Å². The lowest BCUT2D eigenvalue weighted by atomic mass is 9.85. The molecule has 0 bridgehead atoms. The molecule has 3 unspecified atom stereocenters. The molecule has 1 saturated heterocycles. The van der Waals surface area contributed by atoms with Crippen LogP contribution in [0.1, 0.15) is 37.7 Å². The Morgan fingerprint density at radius 1 is 1.21 bits per heavy atom. The van der Waals surface area contributed by atoms with Crippen molar-refractivity contribution in [2.75, 3.05) is 19.0 Å². The van der Waals surface area contributed by atoms with Crippen LogP contribution in [0.4, 0.5) is 5.82 Å². The molecule has 1 aromatic heterocycles. The van der Waals surface area contributed by atoms with Gasteiger partial charge in [0.25, 0.3) is 0 Å². The van der Waals surface area contributed by atoms with Crippen molar-refractivity contribution < 1.29 is 4.79 Å². The van der Waals surface area contributed by atoms with E-state index in [1.54, 1.807) is 0 Å². The number of amides is 1. The highest BCUT2D eigenvalue weighted by atomic mass is 35.5. The fraction of sp³-hybridized carbons (Fsp3) is 0.524. The first-order chi connectivity index (χ1) is 12.6. The molecule has 0 spiro atoms. The van der Waals surface area contributed by atoms with Crippen LogP contribution < -0.4 is 15.5 Å². The minimum atomic E-state index is -0.0375. The van der Waals surface area contributed by atoms with E-state index >= 15 is 0 Å². The van der Waals surface area contributed by atoms with Gasteiger partial charge in [0, 0.05) is 32.1 Å². The van der Waals surface area contributed by atoms with Crippen molar-refractivity contribution >= 4 is 47.4 Å². The van der Waals surface area contributed by atoms with Crippen LogP contribution in [-0.4, -0.2) is 37.1 Å². The first kappa shape index (κ1) is 22.7. The average molecular weight is 425 g/mol. The van der Waals surface area contributed by atoms with Crippen molar-refractivity contribution in [3.8, 4) is 0 Å². The van der Waals surface area contributed by atoms with Gasteiger partial charge < -0.3 is 15.5 Å². The maximum Gasteiger partial charge on any atom is 0.237 e. The predicted molar refractivity (Wildman–Crippen MR) is 120 cm³/mol. The summed E-state index contributed by atoms with van der Waals surface area (Å²) in [6, 6.07) is 10.7. The molecule has 5 nitrogen and oxygen atoms in total. The summed E-state index contributed by atoms with van der Waals surface area (Å²) >= 11 is 0. The molecule has 3 atom stereocenters. The molecule has 2 fully saturated rings. The number of nitrogens with one attached hydrogen (secondary N) is 2. The minimum Gasteiger partial charge on any atom is -0.363 e. The first-order valence-corrected chi connectivity index (χ1v) is 9.71. The lowest BCUT2D eigenvalue weighted by Gasteiger charge is -2.24. The molecule has 1 aromatic carbocycles. The summed E-state index contributed by atoms with van der Waals surface area (Å²) in [5, 5.41) is 7.83. The molecule has 1 aliphatic heterocycles. The zero-order valence-corrected chi connectivity index (χ0v) is 18.1. The molecular formula is C21H30Cl2N4O. The monoisotopic (exact) mass is 424 g/mol. The largest absolute Gasteiger partial charge is 0.363 e. The summed E-state index contributed by atoms with van der Waals surface area (Å²) in [6.45, 7) is 0.538. The highest BCUT2D eigenvalue weighted by Crippen LogP contribution is 2.33. The minimum absolute atomic E-state index is 0. The predicted octanol–water partition coefficient (Wildman–Crippen LogP) is 3.68. The number of carbonyl (C=O) groups excluding carboxylic acids is 1. The number of carbonyl (C=O) groups is 1. The Balaban J connectivity index is 0.00000140. The number of fused-ring (bicyclic) bond motifs is 2. The molecule has 1 aliphatic carbocycles. The van der Waals surface area contributed by atoms with Gasteiger partial charge in [-0.05, 0) is 42.9 Å². The van der Waals surface area contributed by atoms with E-state index in [4.69, 9.17) is 0 Å². The van der Waals surface area contributed by atoms with E-state index in [1.165, 1.54) is 25.7 Å². The van der Waals surface area contributed by atoms with Gasteiger partial charge in [0.15, 0.2) is 0 Å². The van der Waals surface area contributed by atoms with E-state index in [1.807, 2.05) is 37.2 Å². The van der Waals surface area contributed by atoms with Crippen LogP contribution >= 0.6 is 24.8 Å². The fourth-order valence-corrected chi connectivity index (χ4v) is 4.43. The Bertz CT molecular complexity index is 800. The number of para-hydroxylation sites is 1. The van der Waals surface area contributed by atoms with Gasteiger partial charge in [0.05, 0.1) is 11.6 Å². The normalized spacial score (nSPS) is 23.3. The highest BCUT2D eigenvalue weighted by Gasteiger charge is 2.38. The number of hydrogen-bond donors (Lipinski definition) is 2. The van der Waals surface area contributed by atoms with Crippen molar-refractivity contribution in [1.29, 1.82) is 0 Å². The van der Waals surface area contributed by atoms with Gasteiger partial charge in [-0.25, -0.2) is 4.98 Å². The summed E-state index contributed by atoms with van der Waals surface area (Å²) in [6.07, 6.45) is 6.07. The van der Waals surface area contributed by atoms with Gasteiger partial charge >= 0.3 is 0 Å². The summed E-state index contributed by atoms with van der Waals surface area (Å²) in [5.74, 6) is 1.73. The molecular weight excluding hydrogens is 395 g/mol. The smallest absolute Gasteiger partial charge is 0.237 e. The topological polar surface area (TPSA) is 57.3 Å². The molecule has 28 heavy (non-hydrogen) atoms. The number of anilines is 1. The van der Waals surface area contributed by atoms with Gasteiger partial charge in [-0.15, -0.1) is 24.8 Å². The zero-order valence-electron chi connectivity index (χ0n) is 16.5. The number of aromatic nitrogens is 1. The third kappa shape index (κ3) is 4.70. The van der Waals surface area contributed by atoms with Gasteiger partial charge in [-0.3, -0.25) is 4.79 Å². The lowest BCUT2D eigenvalue weighted by molar-refractivity contribution is -0.123. The van der Waals surface area contributed by atoms with Gasteiger partial charge in [-0.2, -0.15) is 0 Å². The Morgan fingerprint density at radius 2 is 1.96 bits per heavy atom. The molecule has 4 rings (SSSR count). The van der Waals surface area contributed by atoms with Crippen LogP contribution in [0.15, 0.2) is 30.3 Å². The molecule has 2 aromatic rings. The molecule has 2 N–H and O–H groups in total. The molecule has 2 heterocycles. The number of rotatable bonds is 4. The Hall–Kier alpha value is -1.56. The second-order valence-corrected chi connectivity index (χ2v) is 7.87. The number of nitrogens with zero attached hydrogens (tertiary/aromatic N) is 2. The SMILES string of the molecule is CN(C)c1cc(CNC(=O)C2CC3CCCCC3N2)c2ccccc2n1.Cl.Cl. The van der Waals surface area contributed by atoms with Crippen molar-refractivity contribution in [3.05, 3.63) is 35.9 Å². The Morgan fingerprint density at radius 3 is 2.71 bits per heavy atom. The second-order valence-electron chi connectivity index (χ2n) is 7.87. The molecule has 7 heteroatoms.